The number of hydrogen-bond donors (Lipinski definition) is 4. The molecule has 0 aliphatic rings. The zero-order valence-electron chi connectivity index (χ0n) is 19.8. The van der Waals surface area contributed by atoms with E-state index in [4.69, 9.17) is 23.2 Å². The van der Waals surface area contributed by atoms with Crippen LogP contribution in [-0.4, -0.2) is 32.1 Å². The summed E-state index contributed by atoms with van der Waals surface area (Å²) in [5.41, 5.74) is 3.18. The highest BCUT2D eigenvalue weighted by Gasteiger charge is 2.14. The van der Waals surface area contributed by atoms with Crippen molar-refractivity contribution in [2.24, 2.45) is 10.3 Å². The number of phenolic OH excluding ortho intramolecular Hbond substituents is 2. The number of unbranched alkanes of at least 4 members (excludes halogenated alkanes) is 7. The average Bonchev–Trinajstić information content (AvgIpc) is 2.80. The van der Waals surface area contributed by atoms with Gasteiger partial charge in [0, 0.05) is 21.2 Å². The van der Waals surface area contributed by atoms with E-state index < -0.39 is 0 Å². The molecule has 0 saturated heterocycles. The van der Waals surface area contributed by atoms with Gasteiger partial charge in [0.2, 0.25) is 0 Å². The lowest BCUT2D eigenvalue weighted by atomic mass is 9.99. The second-order valence-electron chi connectivity index (χ2n) is 8.66. The zero-order valence-corrected chi connectivity index (χ0v) is 21.3. The topological polar surface area (TPSA) is 106 Å². The van der Waals surface area contributed by atoms with Crippen molar-refractivity contribution in [1.29, 1.82) is 0 Å². The second kappa shape index (κ2) is 14.1. The molecule has 2 aromatic carbocycles. The Morgan fingerprint density at radius 1 is 0.618 bits per heavy atom. The molecule has 2 rings (SSSR count). The van der Waals surface area contributed by atoms with E-state index in [0.717, 1.165) is 51.4 Å². The van der Waals surface area contributed by atoms with Gasteiger partial charge in [0.25, 0.3) is 0 Å². The fourth-order valence-corrected chi connectivity index (χ4v) is 4.58. The Balaban J connectivity index is 1.63. The Hall–Kier alpha value is -2.44. The van der Waals surface area contributed by atoms with Crippen molar-refractivity contribution in [3.63, 3.8) is 0 Å². The third-order valence-electron chi connectivity index (χ3n) is 5.97. The molecule has 0 bridgehead atoms. The highest BCUT2D eigenvalue weighted by molar-refractivity contribution is 6.31. The van der Waals surface area contributed by atoms with E-state index in [1.165, 1.54) is 0 Å². The predicted molar refractivity (Wildman–Crippen MR) is 139 cm³/mol. The standard InChI is InChI=1S/C26H34Cl2N2O4/c1-17-13-19(27)15-21(25(17)31)23(29-33)11-9-7-5-3-4-6-8-10-12-24(30-34)22-16-20(28)14-18(2)26(22)32/h13-16,31-34H,3-12H2,1-2H3. The Bertz CT molecular complexity index is 941. The Labute approximate surface area is 211 Å². The molecule has 2 aromatic rings. The van der Waals surface area contributed by atoms with Crippen molar-refractivity contribution in [1.82, 2.24) is 0 Å². The number of rotatable bonds is 13. The minimum Gasteiger partial charge on any atom is -0.507 e. The smallest absolute Gasteiger partial charge is 0.127 e. The molecule has 6 nitrogen and oxygen atoms in total. The van der Waals surface area contributed by atoms with Gasteiger partial charge in [-0.15, -0.1) is 0 Å². The quantitative estimate of drug-likeness (QED) is 0.0951. The molecular weight excluding hydrogens is 475 g/mol. The van der Waals surface area contributed by atoms with E-state index >= 15 is 0 Å². The van der Waals surface area contributed by atoms with Crippen LogP contribution < -0.4 is 0 Å². The fourth-order valence-electron chi connectivity index (χ4n) is 4.03. The van der Waals surface area contributed by atoms with E-state index in [1.54, 1.807) is 38.1 Å². The van der Waals surface area contributed by atoms with Crippen LogP contribution in [-0.2, 0) is 0 Å². The molecule has 186 valence electrons. The number of oxime groups is 2. The van der Waals surface area contributed by atoms with E-state index in [-0.39, 0.29) is 11.5 Å². The van der Waals surface area contributed by atoms with Crippen molar-refractivity contribution >= 4 is 34.6 Å². The monoisotopic (exact) mass is 508 g/mol. The Morgan fingerprint density at radius 3 is 1.26 bits per heavy atom. The SMILES string of the molecule is Cc1cc(Cl)cc(C(CCCCCCCCCCC(=NO)c2cc(Cl)cc(C)c2O)=NO)c1O. The summed E-state index contributed by atoms with van der Waals surface area (Å²) in [6.45, 7) is 3.53. The molecule has 0 saturated carbocycles. The summed E-state index contributed by atoms with van der Waals surface area (Å²) in [5, 5.41) is 47.0. The second-order valence-corrected chi connectivity index (χ2v) is 9.53. The van der Waals surface area contributed by atoms with Crippen molar-refractivity contribution in [3.8, 4) is 11.5 Å². The number of nitrogens with zero attached hydrogens (tertiary/aromatic N) is 2. The summed E-state index contributed by atoms with van der Waals surface area (Å²) in [7, 11) is 0. The van der Waals surface area contributed by atoms with E-state index in [9.17, 15) is 20.6 Å². The van der Waals surface area contributed by atoms with Crippen molar-refractivity contribution in [2.75, 3.05) is 0 Å². The lowest BCUT2D eigenvalue weighted by Crippen LogP contribution is -2.03. The van der Waals surface area contributed by atoms with Crippen LogP contribution in [0, 0.1) is 13.8 Å². The van der Waals surface area contributed by atoms with Crippen LogP contribution >= 0.6 is 23.2 Å². The van der Waals surface area contributed by atoms with Crippen LogP contribution in [0.15, 0.2) is 34.6 Å². The molecule has 34 heavy (non-hydrogen) atoms. The summed E-state index contributed by atoms with van der Waals surface area (Å²) in [6, 6.07) is 6.60. The van der Waals surface area contributed by atoms with Gasteiger partial charge in [0.15, 0.2) is 0 Å². The highest BCUT2D eigenvalue weighted by atomic mass is 35.5. The molecule has 8 heteroatoms. The first-order chi connectivity index (χ1) is 16.3. The van der Waals surface area contributed by atoms with Gasteiger partial charge >= 0.3 is 0 Å². The maximum absolute atomic E-state index is 10.2. The lowest BCUT2D eigenvalue weighted by Gasteiger charge is -2.10. The van der Waals surface area contributed by atoms with Gasteiger partial charge in [-0.05, 0) is 74.9 Å². The van der Waals surface area contributed by atoms with Crippen LogP contribution in [0.3, 0.4) is 0 Å². The number of aromatic hydroxyl groups is 2. The Kier molecular flexibility index (Phi) is 11.5. The van der Waals surface area contributed by atoms with E-state index in [2.05, 4.69) is 10.3 Å². The van der Waals surface area contributed by atoms with Crippen molar-refractivity contribution < 1.29 is 20.6 Å². The van der Waals surface area contributed by atoms with Gasteiger partial charge in [-0.25, -0.2) is 0 Å². The summed E-state index contributed by atoms with van der Waals surface area (Å²) < 4.78 is 0. The largest absolute Gasteiger partial charge is 0.507 e. The van der Waals surface area contributed by atoms with Crippen LogP contribution in [0.1, 0.15) is 86.5 Å². The maximum atomic E-state index is 10.2. The summed E-state index contributed by atoms with van der Waals surface area (Å²) in [6.07, 6.45) is 9.28. The van der Waals surface area contributed by atoms with Gasteiger partial charge in [0.1, 0.15) is 11.5 Å². The Morgan fingerprint density at radius 2 is 0.941 bits per heavy atom. The molecule has 0 unspecified atom stereocenters. The molecular formula is C26H34Cl2N2O4. The third kappa shape index (κ3) is 8.10. The van der Waals surface area contributed by atoms with Gasteiger partial charge < -0.3 is 20.6 Å². The van der Waals surface area contributed by atoms with Gasteiger partial charge in [0.05, 0.1) is 11.4 Å². The first kappa shape index (κ1) is 27.8. The van der Waals surface area contributed by atoms with Crippen molar-refractivity contribution in [2.45, 2.75) is 78.1 Å². The lowest BCUT2D eigenvalue weighted by molar-refractivity contribution is 0.317. The van der Waals surface area contributed by atoms with Crippen LogP contribution in [0.4, 0.5) is 0 Å². The maximum Gasteiger partial charge on any atom is 0.127 e. The summed E-state index contributed by atoms with van der Waals surface area (Å²) >= 11 is 12.1. The molecule has 0 aromatic heterocycles. The molecule has 0 atom stereocenters. The normalized spacial score (nSPS) is 12.4. The number of phenols is 2. The zero-order chi connectivity index (χ0) is 25.1. The summed E-state index contributed by atoms with van der Waals surface area (Å²) in [5.74, 6) is 0.208. The average molecular weight is 509 g/mol. The van der Waals surface area contributed by atoms with Gasteiger partial charge in [-0.1, -0.05) is 72.0 Å². The van der Waals surface area contributed by atoms with E-state index in [1.807, 2.05) is 0 Å². The third-order valence-corrected chi connectivity index (χ3v) is 6.41. The number of benzene rings is 2. The van der Waals surface area contributed by atoms with Gasteiger partial charge in [-0.3, -0.25) is 0 Å². The van der Waals surface area contributed by atoms with Crippen LogP contribution in [0.25, 0.3) is 0 Å². The molecule has 0 amide bonds. The highest BCUT2D eigenvalue weighted by Crippen LogP contribution is 2.29. The van der Waals surface area contributed by atoms with Gasteiger partial charge in [-0.2, -0.15) is 0 Å². The number of aryl methyl sites for hydroxylation is 2. The summed E-state index contributed by atoms with van der Waals surface area (Å²) in [4.78, 5) is 0. The molecule has 4 N–H and O–H groups in total. The first-order valence-electron chi connectivity index (χ1n) is 11.7. The fraction of sp³-hybridized carbons (Fsp3) is 0.462. The predicted octanol–water partition coefficient (Wildman–Crippen LogP) is 7.98. The minimum absolute atomic E-state index is 0.104. The van der Waals surface area contributed by atoms with E-state index in [0.29, 0.717) is 56.6 Å². The number of hydrogen-bond acceptors (Lipinski definition) is 6. The molecule has 0 fully saturated rings. The number of halogens is 2. The van der Waals surface area contributed by atoms with Crippen LogP contribution in [0.5, 0.6) is 11.5 Å². The molecule has 0 spiro atoms. The molecule has 0 radical (unpaired) electrons. The van der Waals surface area contributed by atoms with Crippen molar-refractivity contribution in [3.05, 3.63) is 56.6 Å². The molecule has 0 heterocycles. The molecule has 0 aliphatic heterocycles. The molecule has 0 aliphatic carbocycles. The minimum atomic E-state index is 0.104. The van der Waals surface area contributed by atoms with Crippen LogP contribution in [0.2, 0.25) is 10.0 Å². The first-order valence-corrected chi connectivity index (χ1v) is 12.4.